The van der Waals surface area contributed by atoms with Crippen molar-refractivity contribution >= 4 is 40.4 Å². The van der Waals surface area contributed by atoms with Crippen molar-refractivity contribution < 1.29 is 24.7 Å². The van der Waals surface area contributed by atoms with E-state index in [2.05, 4.69) is 0 Å². The molecular weight excluding hydrogens is 436 g/mol. The number of carbonyl (C=O) groups is 2. The highest BCUT2D eigenvalue weighted by molar-refractivity contribution is 6.51. The van der Waals surface area contributed by atoms with Crippen molar-refractivity contribution in [2.45, 2.75) is 6.04 Å². The van der Waals surface area contributed by atoms with Gasteiger partial charge in [-0.2, -0.15) is 0 Å². The number of benzene rings is 3. The number of carbonyl (C=O) groups excluding carboxylic acids is 2. The van der Waals surface area contributed by atoms with Crippen LogP contribution in [0.1, 0.15) is 17.2 Å². The van der Waals surface area contributed by atoms with E-state index in [4.69, 9.17) is 11.6 Å². The van der Waals surface area contributed by atoms with Crippen molar-refractivity contribution in [3.05, 3.63) is 105 Å². The van der Waals surface area contributed by atoms with Gasteiger partial charge in [-0.1, -0.05) is 23.7 Å². The van der Waals surface area contributed by atoms with E-state index in [-0.39, 0.29) is 22.6 Å². The molecule has 0 bridgehead atoms. The number of phenols is 1. The van der Waals surface area contributed by atoms with E-state index in [0.717, 1.165) is 0 Å². The molecule has 3 aromatic carbocycles. The van der Waals surface area contributed by atoms with E-state index in [1.807, 2.05) is 0 Å². The Kier molecular flexibility index (Phi) is 5.38. The van der Waals surface area contributed by atoms with Crippen molar-refractivity contribution in [3.8, 4) is 5.75 Å². The largest absolute Gasteiger partial charge is 0.508 e. The van der Waals surface area contributed by atoms with E-state index in [9.17, 15) is 29.9 Å². The molecular formula is C23H15ClN2O6. The predicted molar refractivity (Wildman–Crippen MR) is 117 cm³/mol. The average Bonchev–Trinajstić information content (AvgIpc) is 3.04. The molecule has 32 heavy (non-hydrogen) atoms. The molecule has 9 heteroatoms. The van der Waals surface area contributed by atoms with Crippen LogP contribution < -0.4 is 4.90 Å². The van der Waals surface area contributed by atoms with Crippen molar-refractivity contribution in [3.63, 3.8) is 0 Å². The van der Waals surface area contributed by atoms with Gasteiger partial charge < -0.3 is 10.2 Å². The molecule has 4 rings (SSSR count). The second-order valence-corrected chi connectivity index (χ2v) is 7.48. The van der Waals surface area contributed by atoms with Gasteiger partial charge in [0.15, 0.2) is 0 Å². The van der Waals surface area contributed by atoms with E-state index in [1.54, 1.807) is 36.4 Å². The molecule has 1 aliphatic rings. The standard InChI is InChI=1S/C23H15ClN2O6/c24-15-6-10-16(11-7-15)25-20(14-2-1-3-18(27)12-14)19(22(29)23(25)30)21(28)13-4-8-17(9-5-13)26(31)32/h1-12,20,27-28H/b21-19-. The van der Waals surface area contributed by atoms with Crippen LogP contribution in [0.25, 0.3) is 5.76 Å². The van der Waals surface area contributed by atoms with Gasteiger partial charge in [-0.15, -0.1) is 0 Å². The molecule has 1 aliphatic heterocycles. The number of aliphatic hydroxyl groups excluding tert-OH is 1. The molecule has 1 saturated heterocycles. The number of hydrogen-bond acceptors (Lipinski definition) is 6. The van der Waals surface area contributed by atoms with Crippen LogP contribution in [0.2, 0.25) is 5.02 Å². The lowest BCUT2D eigenvalue weighted by Crippen LogP contribution is -2.29. The summed E-state index contributed by atoms with van der Waals surface area (Å²) in [4.78, 5) is 37.5. The summed E-state index contributed by atoms with van der Waals surface area (Å²) in [6, 6.07) is 16.2. The molecule has 0 aliphatic carbocycles. The summed E-state index contributed by atoms with van der Waals surface area (Å²) >= 11 is 5.95. The number of nitro groups is 1. The number of rotatable bonds is 4. The Hall–Kier alpha value is -4.17. The maximum absolute atomic E-state index is 13.0. The Labute approximate surface area is 186 Å². The molecule has 1 heterocycles. The number of aromatic hydroxyl groups is 1. The Balaban J connectivity index is 1.92. The molecule has 1 unspecified atom stereocenters. The van der Waals surface area contributed by atoms with Crippen LogP contribution >= 0.6 is 11.6 Å². The summed E-state index contributed by atoms with van der Waals surface area (Å²) in [5.74, 6) is -2.36. The van der Waals surface area contributed by atoms with Gasteiger partial charge in [0.2, 0.25) is 0 Å². The molecule has 1 atom stereocenters. The zero-order valence-electron chi connectivity index (χ0n) is 16.3. The Bertz CT molecular complexity index is 1270. The molecule has 3 aromatic rings. The number of ketones is 1. The number of Topliss-reactive ketones (excluding diaryl/α,β-unsaturated/α-hetero) is 1. The fourth-order valence-electron chi connectivity index (χ4n) is 3.61. The van der Waals surface area contributed by atoms with Crippen LogP contribution in [0, 0.1) is 10.1 Å². The van der Waals surface area contributed by atoms with Crippen LogP contribution in [-0.2, 0) is 9.59 Å². The number of nitro benzene ring substituents is 1. The number of amides is 1. The van der Waals surface area contributed by atoms with Gasteiger partial charge in [-0.05, 0) is 54.1 Å². The van der Waals surface area contributed by atoms with E-state index in [0.29, 0.717) is 16.3 Å². The molecule has 2 N–H and O–H groups in total. The maximum atomic E-state index is 13.0. The molecule has 1 fully saturated rings. The highest BCUT2D eigenvalue weighted by Gasteiger charge is 2.47. The zero-order valence-corrected chi connectivity index (χ0v) is 17.1. The first-order valence-electron chi connectivity index (χ1n) is 9.38. The summed E-state index contributed by atoms with van der Waals surface area (Å²) in [6.45, 7) is 0. The first-order chi connectivity index (χ1) is 15.3. The summed E-state index contributed by atoms with van der Waals surface area (Å²) in [6.07, 6.45) is 0. The number of anilines is 1. The summed E-state index contributed by atoms with van der Waals surface area (Å²) < 4.78 is 0. The first-order valence-corrected chi connectivity index (χ1v) is 9.76. The van der Waals surface area contributed by atoms with Crippen molar-refractivity contribution in [1.82, 2.24) is 0 Å². The third-order valence-electron chi connectivity index (χ3n) is 5.09. The second-order valence-electron chi connectivity index (χ2n) is 7.04. The third-order valence-corrected chi connectivity index (χ3v) is 5.34. The van der Waals surface area contributed by atoms with Gasteiger partial charge in [0.05, 0.1) is 16.5 Å². The fraction of sp³-hybridized carbons (Fsp3) is 0.0435. The van der Waals surface area contributed by atoms with Gasteiger partial charge in [-0.25, -0.2) is 0 Å². The first kappa shape index (κ1) is 21.1. The monoisotopic (exact) mass is 450 g/mol. The minimum absolute atomic E-state index is 0.0838. The molecule has 0 spiro atoms. The molecule has 0 saturated carbocycles. The SMILES string of the molecule is O=C1C(=O)N(c2ccc(Cl)cc2)C(c2cccc(O)c2)/C1=C(/O)c1ccc([N+](=O)[O-])cc1. The Morgan fingerprint density at radius 3 is 2.25 bits per heavy atom. The highest BCUT2D eigenvalue weighted by atomic mass is 35.5. The van der Waals surface area contributed by atoms with Crippen LogP contribution in [0.15, 0.2) is 78.4 Å². The number of halogens is 1. The highest BCUT2D eigenvalue weighted by Crippen LogP contribution is 2.43. The summed E-state index contributed by atoms with van der Waals surface area (Å²) in [7, 11) is 0. The molecule has 0 aromatic heterocycles. The molecule has 8 nitrogen and oxygen atoms in total. The number of nitrogens with zero attached hydrogens (tertiary/aromatic N) is 2. The quantitative estimate of drug-likeness (QED) is 0.197. The van der Waals surface area contributed by atoms with Gasteiger partial charge in [-0.3, -0.25) is 24.6 Å². The van der Waals surface area contributed by atoms with Crippen LogP contribution in [0.4, 0.5) is 11.4 Å². The van der Waals surface area contributed by atoms with Gasteiger partial charge in [0.25, 0.3) is 17.4 Å². The average molecular weight is 451 g/mol. The van der Waals surface area contributed by atoms with Crippen molar-refractivity contribution in [2.24, 2.45) is 0 Å². The van der Waals surface area contributed by atoms with E-state index >= 15 is 0 Å². The maximum Gasteiger partial charge on any atom is 0.300 e. The normalized spacial score (nSPS) is 17.5. The van der Waals surface area contributed by atoms with E-state index in [1.165, 1.54) is 41.3 Å². The van der Waals surface area contributed by atoms with Crippen molar-refractivity contribution in [1.29, 1.82) is 0 Å². The van der Waals surface area contributed by atoms with Crippen LogP contribution in [0.5, 0.6) is 5.75 Å². The summed E-state index contributed by atoms with van der Waals surface area (Å²) in [5.41, 5.74) is 0.502. The van der Waals surface area contributed by atoms with Gasteiger partial charge >= 0.3 is 0 Å². The number of phenolic OH excluding ortho intramolecular Hbond substituents is 1. The van der Waals surface area contributed by atoms with Gasteiger partial charge in [0, 0.05) is 28.4 Å². The van der Waals surface area contributed by atoms with Crippen LogP contribution in [0.3, 0.4) is 0 Å². The number of aliphatic hydroxyl groups is 1. The number of non-ortho nitro benzene ring substituents is 1. The second kappa shape index (κ2) is 8.16. The minimum atomic E-state index is -1.04. The lowest BCUT2D eigenvalue weighted by Gasteiger charge is -2.25. The van der Waals surface area contributed by atoms with Gasteiger partial charge in [0.1, 0.15) is 11.5 Å². The third kappa shape index (κ3) is 3.67. The summed E-state index contributed by atoms with van der Waals surface area (Å²) in [5, 5.41) is 32.3. The minimum Gasteiger partial charge on any atom is -0.508 e. The van der Waals surface area contributed by atoms with Crippen LogP contribution in [-0.4, -0.2) is 26.8 Å². The Morgan fingerprint density at radius 2 is 1.66 bits per heavy atom. The fourth-order valence-corrected chi connectivity index (χ4v) is 3.73. The molecule has 1 amide bonds. The van der Waals surface area contributed by atoms with E-state index < -0.39 is 28.4 Å². The molecule has 160 valence electrons. The predicted octanol–water partition coefficient (Wildman–Crippen LogP) is 4.58. The molecule has 0 radical (unpaired) electrons. The lowest BCUT2D eigenvalue weighted by molar-refractivity contribution is -0.384. The topological polar surface area (TPSA) is 121 Å². The smallest absolute Gasteiger partial charge is 0.300 e. The number of hydrogen-bond donors (Lipinski definition) is 2. The zero-order chi connectivity index (χ0) is 23.0. The Morgan fingerprint density at radius 1 is 1.00 bits per heavy atom. The lowest BCUT2D eigenvalue weighted by atomic mass is 9.95. The van der Waals surface area contributed by atoms with Crippen molar-refractivity contribution in [2.75, 3.05) is 4.90 Å².